The molecule has 1 fully saturated rings. The number of carbonyl (C=O) groups excluding carboxylic acids is 1. The van der Waals surface area contributed by atoms with Gasteiger partial charge in [-0.2, -0.15) is 0 Å². The molecular formula is C19H25N3O3S. The Labute approximate surface area is 156 Å². The molecule has 1 aromatic carbocycles. The Morgan fingerprint density at radius 2 is 1.96 bits per heavy atom. The van der Waals surface area contributed by atoms with Crippen molar-refractivity contribution < 1.29 is 13.4 Å². The van der Waals surface area contributed by atoms with Gasteiger partial charge in [0.05, 0.1) is 11.4 Å². The van der Waals surface area contributed by atoms with E-state index in [2.05, 4.69) is 9.88 Å². The van der Waals surface area contributed by atoms with Gasteiger partial charge < -0.3 is 14.2 Å². The second-order valence-corrected chi connectivity index (χ2v) is 8.26. The number of hydrogen-bond donors (Lipinski definition) is 0. The van der Waals surface area contributed by atoms with Crippen LogP contribution in [0.1, 0.15) is 17.0 Å². The second kappa shape index (κ2) is 8.14. The molecule has 7 heteroatoms. The molecule has 1 aliphatic heterocycles. The molecule has 2 heterocycles. The molecule has 0 aliphatic carbocycles. The van der Waals surface area contributed by atoms with E-state index in [-0.39, 0.29) is 17.4 Å². The summed E-state index contributed by atoms with van der Waals surface area (Å²) < 4.78 is 18.2. The SMILES string of the molecule is Cc1cccc(-c2nc(C[S@@](=O)CC(=O)N3CCN(C)CC3)c(C)o2)c1. The number of carbonyl (C=O) groups is 1. The largest absolute Gasteiger partial charge is 0.441 e. The van der Waals surface area contributed by atoms with Crippen LogP contribution in [0.4, 0.5) is 0 Å². The standard InChI is InChI=1S/C19H25N3O3S/c1-14-5-4-6-16(11-14)19-20-17(15(2)25-19)12-26(24)13-18(23)22-9-7-21(3)8-10-22/h4-6,11H,7-10,12-13H2,1-3H3/t26-/m1/s1. The van der Waals surface area contributed by atoms with Crippen molar-refractivity contribution in [1.82, 2.24) is 14.8 Å². The number of piperazine rings is 1. The summed E-state index contributed by atoms with van der Waals surface area (Å²) in [4.78, 5) is 20.8. The molecule has 1 amide bonds. The van der Waals surface area contributed by atoms with Crippen LogP contribution in [0.3, 0.4) is 0 Å². The molecule has 3 rings (SSSR count). The molecule has 0 spiro atoms. The summed E-state index contributed by atoms with van der Waals surface area (Å²) in [6.45, 7) is 6.96. The Morgan fingerprint density at radius 3 is 2.65 bits per heavy atom. The van der Waals surface area contributed by atoms with Crippen LogP contribution in [0.25, 0.3) is 11.5 Å². The molecule has 0 saturated carbocycles. The second-order valence-electron chi connectivity index (χ2n) is 6.80. The zero-order chi connectivity index (χ0) is 18.7. The van der Waals surface area contributed by atoms with Gasteiger partial charge in [0, 0.05) is 42.5 Å². The van der Waals surface area contributed by atoms with Crippen molar-refractivity contribution >= 4 is 16.7 Å². The quantitative estimate of drug-likeness (QED) is 0.799. The molecule has 140 valence electrons. The lowest BCUT2D eigenvalue weighted by molar-refractivity contribution is -0.129. The van der Waals surface area contributed by atoms with Crippen LogP contribution in [-0.2, 0) is 21.3 Å². The molecule has 0 unspecified atom stereocenters. The van der Waals surface area contributed by atoms with Crippen molar-refractivity contribution in [2.24, 2.45) is 0 Å². The Kier molecular flexibility index (Phi) is 5.88. The number of rotatable bonds is 5. The van der Waals surface area contributed by atoms with Crippen LogP contribution >= 0.6 is 0 Å². The first kappa shape index (κ1) is 18.8. The monoisotopic (exact) mass is 375 g/mol. The fourth-order valence-electron chi connectivity index (χ4n) is 2.95. The van der Waals surface area contributed by atoms with E-state index in [1.54, 1.807) is 4.90 Å². The van der Waals surface area contributed by atoms with E-state index >= 15 is 0 Å². The zero-order valence-electron chi connectivity index (χ0n) is 15.5. The third-order valence-electron chi connectivity index (χ3n) is 4.60. The van der Waals surface area contributed by atoms with E-state index in [1.165, 1.54) is 0 Å². The van der Waals surface area contributed by atoms with Crippen LogP contribution in [0.15, 0.2) is 28.7 Å². The normalized spacial score (nSPS) is 16.7. The fraction of sp³-hybridized carbons (Fsp3) is 0.474. The summed E-state index contributed by atoms with van der Waals surface area (Å²) >= 11 is 0. The van der Waals surface area contributed by atoms with Gasteiger partial charge in [0.2, 0.25) is 11.8 Å². The molecule has 1 atom stereocenters. The highest BCUT2D eigenvalue weighted by molar-refractivity contribution is 7.84. The topological polar surface area (TPSA) is 66.7 Å². The Balaban J connectivity index is 1.62. The number of amides is 1. The minimum atomic E-state index is -1.30. The highest BCUT2D eigenvalue weighted by Gasteiger charge is 2.22. The average molecular weight is 375 g/mol. The van der Waals surface area contributed by atoms with Gasteiger partial charge in [-0.05, 0) is 33.0 Å². The number of aromatic nitrogens is 1. The molecule has 6 nitrogen and oxygen atoms in total. The van der Waals surface area contributed by atoms with Gasteiger partial charge >= 0.3 is 0 Å². The van der Waals surface area contributed by atoms with Crippen LogP contribution in [0, 0.1) is 13.8 Å². The van der Waals surface area contributed by atoms with E-state index in [0.29, 0.717) is 30.4 Å². The highest BCUT2D eigenvalue weighted by Crippen LogP contribution is 2.23. The van der Waals surface area contributed by atoms with Gasteiger partial charge in [-0.25, -0.2) is 4.98 Å². The molecule has 1 aromatic heterocycles. The van der Waals surface area contributed by atoms with Crippen molar-refractivity contribution in [3.63, 3.8) is 0 Å². The molecule has 26 heavy (non-hydrogen) atoms. The lowest BCUT2D eigenvalue weighted by atomic mass is 10.1. The summed E-state index contributed by atoms with van der Waals surface area (Å²) in [5, 5.41) is 0. The molecule has 0 radical (unpaired) electrons. The molecule has 1 saturated heterocycles. The first-order chi connectivity index (χ1) is 12.4. The van der Waals surface area contributed by atoms with Crippen molar-refractivity contribution in [2.45, 2.75) is 19.6 Å². The van der Waals surface area contributed by atoms with Crippen LogP contribution in [0.2, 0.25) is 0 Å². The first-order valence-electron chi connectivity index (χ1n) is 8.77. The van der Waals surface area contributed by atoms with E-state index in [1.807, 2.05) is 45.2 Å². The van der Waals surface area contributed by atoms with Crippen molar-refractivity contribution in [3.05, 3.63) is 41.3 Å². The maximum atomic E-state index is 12.5. The van der Waals surface area contributed by atoms with Crippen LogP contribution in [0.5, 0.6) is 0 Å². The van der Waals surface area contributed by atoms with Gasteiger partial charge in [-0.3, -0.25) is 9.00 Å². The Morgan fingerprint density at radius 1 is 1.23 bits per heavy atom. The minimum absolute atomic E-state index is 0.0375. The number of benzene rings is 1. The van der Waals surface area contributed by atoms with Crippen molar-refractivity contribution in [2.75, 3.05) is 39.0 Å². The van der Waals surface area contributed by atoms with Gasteiger partial charge in [-0.15, -0.1) is 0 Å². The van der Waals surface area contributed by atoms with Crippen LogP contribution < -0.4 is 0 Å². The number of nitrogens with zero attached hydrogens (tertiary/aromatic N) is 3. The van der Waals surface area contributed by atoms with E-state index < -0.39 is 10.8 Å². The van der Waals surface area contributed by atoms with Gasteiger partial charge in [0.25, 0.3) is 0 Å². The molecule has 1 aliphatic rings. The molecule has 0 N–H and O–H groups in total. The maximum Gasteiger partial charge on any atom is 0.235 e. The smallest absolute Gasteiger partial charge is 0.235 e. The van der Waals surface area contributed by atoms with E-state index in [4.69, 9.17) is 4.42 Å². The predicted octanol–water partition coefficient (Wildman–Crippen LogP) is 1.98. The summed E-state index contributed by atoms with van der Waals surface area (Å²) in [6, 6.07) is 7.91. The zero-order valence-corrected chi connectivity index (χ0v) is 16.3. The third kappa shape index (κ3) is 4.59. The lowest BCUT2D eigenvalue weighted by Crippen LogP contribution is -2.48. The number of hydrogen-bond acceptors (Lipinski definition) is 5. The van der Waals surface area contributed by atoms with E-state index in [0.717, 1.165) is 24.2 Å². The number of likely N-dealkylation sites (N-methyl/N-ethyl adjacent to an activating group) is 1. The summed E-state index contributed by atoms with van der Waals surface area (Å²) in [7, 11) is 0.744. The predicted molar refractivity (Wildman–Crippen MR) is 102 cm³/mol. The summed E-state index contributed by atoms with van der Waals surface area (Å²) in [5.74, 6) is 1.41. The summed E-state index contributed by atoms with van der Waals surface area (Å²) in [5.41, 5.74) is 2.69. The lowest BCUT2D eigenvalue weighted by Gasteiger charge is -2.32. The molecule has 2 aromatic rings. The highest BCUT2D eigenvalue weighted by atomic mass is 32.2. The fourth-order valence-corrected chi connectivity index (χ4v) is 4.08. The van der Waals surface area contributed by atoms with Gasteiger partial charge in [0.15, 0.2) is 0 Å². The van der Waals surface area contributed by atoms with Crippen molar-refractivity contribution in [3.8, 4) is 11.5 Å². The minimum Gasteiger partial charge on any atom is -0.441 e. The number of oxazole rings is 1. The Bertz CT molecular complexity index is 810. The maximum absolute atomic E-state index is 12.5. The summed E-state index contributed by atoms with van der Waals surface area (Å²) in [6.07, 6.45) is 0. The van der Waals surface area contributed by atoms with Gasteiger partial charge in [0.1, 0.15) is 11.5 Å². The average Bonchev–Trinajstić information content (AvgIpc) is 2.96. The van der Waals surface area contributed by atoms with E-state index in [9.17, 15) is 9.00 Å². The molecule has 0 bridgehead atoms. The first-order valence-corrected chi connectivity index (χ1v) is 10.3. The van der Waals surface area contributed by atoms with Crippen LogP contribution in [-0.4, -0.2) is 63.9 Å². The van der Waals surface area contributed by atoms with Crippen molar-refractivity contribution in [1.29, 1.82) is 0 Å². The van der Waals surface area contributed by atoms with Gasteiger partial charge in [-0.1, -0.05) is 17.7 Å². The number of aryl methyl sites for hydroxylation is 2. The molecular weight excluding hydrogens is 350 g/mol. The third-order valence-corrected chi connectivity index (χ3v) is 5.76. The Hall–Kier alpha value is -1.99.